The van der Waals surface area contributed by atoms with Gasteiger partial charge in [0, 0.05) is 24.9 Å². The van der Waals surface area contributed by atoms with Crippen LogP contribution in [0.4, 0.5) is 5.69 Å². The van der Waals surface area contributed by atoms with Gasteiger partial charge in [0.1, 0.15) is 6.10 Å². The second-order valence-electron chi connectivity index (χ2n) is 4.93. The first-order valence-electron chi connectivity index (χ1n) is 8.86. The molecule has 0 unspecified atom stereocenters. The number of ether oxygens (including phenoxy) is 3. The minimum atomic E-state index is -2.86. The van der Waals surface area contributed by atoms with Crippen molar-refractivity contribution >= 4 is 29.8 Å². The highest BCUT2D eigenvalue weighted by Gasteiger charge is 2.33. The Morgan fingerprint density at radius 3 is 2.16 bits per heavy atom. The molecular weight excluding hydrogens is 328 g/mol. The number of benzene rings is 1. The summed E-state index contributed by atoms with van der Waals surface area (Å²) in [6.07, 6.45) is -3.88. The van der Waals surface area contributed by atoms with Crippen molar-refractivity contribution in [2.75, 3.05) is 5.43 Å². The molecule has 0 aliphatic carbocycles. The fourth-order valence-corrected chi connectivity index (χ4v) is 1.81. The van der Waals surface area contributed by atoms with Crippen molar-refractivity contribution in [2.45, 2.75) is 45.9 Å². The van der Waals surface area contributed by atoms with Crippen LogP contribution < -0.4 is 5.43 Å². The first-order valence-corrected chi connectivity index (χ1v) is 7.36. The zero-order valence-corrected chi connectivity index (χ0v) is 14.1. The Balaban J connectivity index is 3.20. The van der Waals surface area contributed by atoms with E-state index in [1.54, 1.807) is 30.3 Å². The average Bonchev–Trinajstić information content (AvgIpc) is 2.56. The summed E-state index contributed by atoms with van der Waals surface area (Å²) in [5, 5.41) is 3.90. The van der Waals surface area contributed by atoms with Gasteiger partial charge in [0.05, 0.1) is 11.9 Å². The van der Waals surface area contributed by atoms with Crippen LogP contribution in [0.1, 0.15) is 31.7 Å². The van der Waals surface area contributed by atoms with Gasteiger partial charge < -0.3 is 14.2 Å². The van der Waals surface area contributed by atoms with E-state index in [2.05, 4.69) is 10.5 Å². The Kier molecular flexibility index (Phi) is 6.29. The Hall–Kier alpha value is -2.90. The number of hydrogen-bond acceptors (Lipinski definition) is 8. The minimum absolute atomic E-state index is 0.608. The quantitative estimate of drug-likeness (QED) is 0.329. The Morgan fingerprint density at radius 2 is 1.64 bits per heavy atom. The summed E-state index contributed by atoms with van der Waals surface area (Å²) < 4.78 is 37.8. The van der Waals surface area contributed by atoms with Crippen LogP contribution in [0.5, 0.6) is 0 Å². The second kappa shape index (κ2) is 10.1. The van der Waals surface area contributed by atoms with E-state index in [0.717, 1.165) is 27.0 Å². The van der Waals surface area contributed by atoms with Crippen molar-refractivity contribution in [2.24, 2.45) is 5.10 Å². The van der Waals surface area contributed by atoms with Gasteiger partial charge in [0.2, 0.25) is 0 Å². The fraction of sp³-hybridized carbons (Fsp3) is 0.412. The lowest BCUT2D eigenvalue weighted by Crippen LogP contribution is -2.44. The van der Waals surface area contributed by atoms with Crippen LogP contribution in [-0.4, -0.2) is 42.4 Å². The maximum absolute atomic E-state index is 11.5. The summed E-state index contributed by atoms with van der Waals surface area (Å²) in [6.45, 7) is 0.286. The fourth-order valence-electron chi connectivity index (χ4n) is 1.81. The van der Waals surface area contributed by atoms with E-state index >= 15 is 0 Å². The van der Waals surface area contributed by atoms with Crippen LogP contribution in [0.15, 0.2) is 35.4 Å². The van der Waals surface area contributed by atoms with Crippen molar-refractivity contribution in [3.8, 4) is 0 Å². The van der Waals surface area contributed by atoms with E-state index in [0.29, 0.717) is 5.69 Å². The highest BCUT2D eigenvalue weighted by molar-refractivity contribution is 5.74. The first-order chi connectivity index (χ1) is 13.0. The van der Waals surface area contributed by atoms with Gasteiger partial charge in [-0.1, -0.05) is 18.2 Å². The molecule has 3 atom stereocenters. The third-order valence-corrected chi connectivity index (χ3v) is 2.71. The lowest BCUT2D eigenvalue weighted by Gasteiger charge is -2.27. The summed E-state index contributed by atoms with van der Waals surface area (Å²) >= 11 is 0. The molecule has 0 aliphatic heterocycles. The van der Waals surface area contributed by atoms with Gasteiger partial charge in [0.15, 0.2) is 12.2 Å². The largest absolute Gasteiger partial charge is 0.459 e. The molecule has 0 bridgehead atoms. The number of hydrogen-bond donors (Lipinski definition) is 1. The van der Waals surface area contributed by atoms with Gasteiger partial charge >= 0.3 is 17.9 Å². The molecule has 8 nitrogen and oxygen atoms in total. The third kappa shape index (κ3) is 7.96. The maximum Gasteiger partial charge on any atom is 0.303 e. The SMILES string of the molecule is [2H]C([2H])([2H])[C@@H](OC(C)=O)[C@H](OC(C)=O)[C@@H](/C=N/Nc1ccccc1)OC(C)=O. The van der Waals surface area contributed by atoms with E-state index < -0.39 is 43.1 Å². The molecular formula is C17H22N2O6. The number of rotatable bonds is 8. The molecule has 1 rings (SSSR count). The number of carbonyl (C=O) groups excluding carboxylic acids is 3. The molecule has 0 aliphatic rings. The summed E-state index contributed by atoms with van der Waals surface area (Å²) in [5.41, 5.74) is 3.27. The molecule has 0 radical (unpaired) electrons. The van der Waals surface area contributed by atoms with E-state index in [-0.39, 0.29) is 0 Å². The number of nitrogens with one attached hydrogen (secondary N) is 1. The maximum atomic E-state index is 11.5. The molecule has 1 N–H and O–H groups in total. The zero-order chi connectivity index (χ0) is 21.3. The number of esters is 3. The summed E-state index contributed by atoms with van der Waals surface area (Å²) in [5.74, 6) is -2.53. The lowest BCUT2D eigenvalue weighted by molar-refractivity contribution is -0.175. The molecule has 0 saturated heterocycles. The van der Waals surface area contributed by atoms with Crippen molar-refractivity contribution in [1.29, 1.82) is 0 Å². The molecule has 0 saturated carbocycles. The smallest absolute Gasteiger partial charge is 0.303 e. The van der Waals surface area contributed by atoms with Gasteiger partial charge in [-0.25, -0.2) is 0 Å². The number of carbonyl (C=O) groups is 3. The van der Waals surface area contributed by atoms with Gasteiger partial charge in [-0.05, 0) is 19.0 Å². The van der Waals surface area contributed by atoms with E-state index in [4.69, 9.17) is 18.3 Å². The van der Waals surface area contributed by atoms with Crippen LogP contribution >= 0.6 is 0 Å². The monoisotopic (exact) mass is 353 g/mol. The van der Waals surface area contributed by atoms with Crippen LogP contribution in [0.3, 0.4) is 0 Å². The van der Waals surface area contributed by atoms with E-state index in [1.165, 1.54) is 0 Å². The second-order valence-corrected chi connectivity index (χ2v) is 4.93. The average molecular weight is 353 g/mol. The van der Waals surface area contributed by atoms with Crippen LogP contribution in [-0.2, 0) is 28.6 Å². The Bertz CT molecular complexity index is 709. The molecule has 0 amide bonds. The van der Waals surface area contributed by atoms with Gasteiger partial charge in [-0.3, -0.25) is 19.8 Å². The predicted molar refractivity (Wildman–Crippen MR) is 90.9 cm³/mol. The van der Waals surface area contributed by atoms with Gasteiger partial charge in [-0.2, -0.15) is 5.10 Å². The number of anilines is 1. The normalized spacial score (nSPS) is 16.5. The molecule has 1 aromatic rings. The summed E-state index contributed by atoms with van der Waals surface area (Å²) in [7, 11) is 0. The number of para-hydroxylation sites is 1. The molecule has 0 aromatic heterocycles. The minimum Gasteiger partial charge on any atom is -0.459 e. The number of nitrogens with zero attached hydrogens (tertiary/aromatic N) is 1. The van der Waals surface area contributed by atoms with Crippen LogP contribution in [0.2, 0.25) is 0 Å². The first kappa shape index (κ1) is 15.6. The molecule has 136 valence electrons. The van der Waals surface area contributed by atoms with Crippen molar-refractivity contribution in [1.82, 2.24) is 0 Å². The highest BCUT2D eigenvalue weighted by atomic mass is 16.6. The molecule has 0 spiro atoms. The van der Waals surface area contributed by atoms with E-state index in [9.17, 15) is 14.4 Å². The standard InChI is InChI=1S/C17H22N2O6/c1-11(23-12(2)20)17(25-14(4)22)16(24-13(3)21)10-18-19-15-8-6-5-7-9-15/h5-11,16-17,19H,1-4H3/b18-10+/t11-,16-,17+/m1/s1/i1D3. The topological polar surface area (TPSA) is 103 Å². The molecule has 8 heteroatoms. The van der Waals surface area contributed by atoms with Gasteiger partial charge in [0.25, 0.3) is 0 Å². The summed E-state index contributed by atoms with van der Waals surface area (Å²) in [4.78, 5) is 34.4. The molecule has 0 heterocycles. The lowest BCUT2D eigenvalue weighted by atomic mass is 10.1. The molecule has 0 fully saturated rings. The van der Waals surface area contributed by atoms with Crippen LogP contribution in [0.25, 0.3) is 0 Å². The van der Waals surface area contributed by atoms with Crippen molar-refractivity contribution in [3.05, 3.63) is 30.3 Å². The Morgan fingerprint density at radius 1 is 1.04 bits per heavy atom. The molecule has 25 heavy (non-hydrogen) atoms. The number of hydrazone groups is 1. The molecule has 1 aromatic carbocycles. The zero-order valence-electron chi connectivity index (χ0n) is 17.1. The van der Waals surface area contributed by atoms with Gasteiger partial charge in [-0.15, -0.1) is 0 Å². The van der Waals surface area contributed by atoms with Crippen molar-refractivity contribution < 1.29 is 32.7 Å². The van der Waals surface area contributed by atoms with Crippen molar-refractivity contribution in [3.63, 3.8) is 0 Å². The summed E-state index contributed by atoms with van der Waals surface area (Å²) in [6, 6.07) is 8.74. The predicted octanol–water partition coefficient (Wildman–Crippen LogP) is 1.90. The highest BCUT2D eigenvalue weighted by Crippen LogP contribution is 2.13. The Labute approximate surface area is 150 Å². The van der Waals surface area contributed by atoms with Crippen LogP contribution in [0, 0.1) is 0 Å². The third-order valence-electron chi connectivity index (χ3n) is 2.71. The van der Waals surface area contributed by atoms with E-state index in [1.807, 2.05) is 0 Å².